The fourth-order valence-electron chi connectivity index (χ4n) is 4.92. The molecule has 0 radical (unpaired) electrons. The molecule has 1 amide bonds. The van der Waals surface area contributed by atoms with Gasteiger partial charge in [0.15, 0.2) is 11.0 Å². The van der Waals surface area contributed by atoms with Crippen molar-refractivity contribution in [2.75, 3.05) is 5.75 Å². The third-order valence-electron chi connectivity index (χ3n) is 6.48. The number of carbonyl (C=O) groups is 1. The van der Waals surface area contributed by atoms with Gasteiger partial charge in [-0.05, 0) is 38.7 Å². The Morgan fingerprint density at radius 3 is 2.28 bits per heavy atom. The van der Waals surface area contributed by atoms with Gasteiger partial charge in [-0.3, -0.25) is 4.79 Å². The standard InChI is InChI=1S/C22H32N4O2S/c1-16-19(13-14-28-16)21-23-24-22(25(21)2)29-15-20(27)26(17-9-5-3-6-10-17)18-11-7-4-8-12-18/h13-14,17-18H,3-12,15H2,1-2H3. The topological polar surface area (TPSA) is 64.2 Å². The van der Waals surface area contributed by atoms with Gasteiger partial charge in [0.2, 0.25) is 5.91 Å². The van der Waals surface area contributed by atoms with Crippen molar-refractivity contribution < 1.29 is 9.21 Å². The van der Waals surface area contributed by atoms with Gasteiger partial charge in [0.05, 0.1) is 17.6 Å². The van der Waals surface area contributed by atoms with E-state index >= 15 is 0 Å². The van der Waals surface area contributed by atoms with Crippen molar-refractivity contribution in [3.63, 3.8) is 0 Å². The average Bonchev–Trinajstić information content (AvgIpc) is 3.33. The number of hydrogen-bond acceptors (Lipinski definition) is 5. The highest BCUT2D eigenvalue weighted by Gasteiger charge is 2.32. The van der Waals surface area contributed by atoms with Crippen molar-refractivity contribution in [3.8, 4) is 11.4 Å². The summed E-state index contributed by atoms with van der Waals surface area (Å²) in [6.07, 6.45) is 14.0. The van der Waals surface area contributed by atoms with Crippen LogP contribution < -0.4 is 0 Å². The van der Waals surface area contributed by atoms with Crippen LogP contribution in [0.5, 0.6) is 0 Å². The average molecular weight is 417 g/mol. The van der Waals surface area contributed by atoms with Crippen LogP contribution >= 0.6 is 11.8 Å². The molecule has 2 fully saturated rings. The number of nitrogens with zero attached hydrogens (tertiary/aromatic N) is 4. The van der Waals surface area contributed by atoms with Crippen molar-refractivity contribution in [1.82, 2.24) is 19.7 Å². The molecule has 0 spiro atoms. The van der Waals surface area contributed by atoms with Gasteiger partial charge < -0.3 is 13.9 Å². The van der Waals surface area contributed by atoms with Gasteiger partial charge in [0.1, 0.15) is 5.76 Å². The molecule has 6 nitrogen and oxygen atoms in total. The Morgan fingerprint density at radius 1 is 1.10 bits per heavy atom. The van der Waals surface area contributed by atoms with Crippen LogP contribution in [0, 0.1) is 6.92 Å². The number of thioether (sulfide) groups is 1. The molecule has 0 atom stereocenters. The van der Waals surface area contributed by atoms with Gasteiger partial charge in [-0.2, -0.15) is 0 Å². The van der Waals surface area contributed by atoms with E-state index in [0.717, 1.165) is 22.3 Å². The maximum atomic E-state index is 13.3. The Kier molecular flexibility index (Phi) is 6.63. The lowest BCUT2D eigenvalue weighted by molar-refractivity contribution is -0.135. The van der Waals surface area contributed by atoms with Crippen LogP contribution in [0.2, 0.25) is 0 Å². The van der Waals surface area contributed by atoms with Gasteiger partial charge in [0.25, 0.3) is 0 Å². The van der Waals surface area contributed by atoms with Crippen molar-refractivity contribution in [3.05, 3.63) is 18.1 Å². The van der Waals surface area contributed by atoms with Crippen LogP contribution in [-0.2, 0) is 11.8 Å². The molecule has 2 saturated carbocycles. The zero-order chi connectivity index (χ0) is 20.2. The number of hydrogen-bond donors (Lipinski definition) is 0. The van der Waals surface area contributed by atoms with Gasteiger partial charge >= 0.3 is 0 Å². The van der Waals surface area contributed by atoms with Crippen LogP contribution in [0.15, 0.2) is 21.9 Å². The van der Waals surface area contributed by atoms with Crippen molar-refractivity contribution >= 4 is 17.7 Å². The van der Waals surface area contributed by atoms with Gasteiger partial charge in [-0.25, -0.2) is 0 Å². The summed E-state index contributed by atoms with van der Waals surface area (Å²) in [5.74, 6) is 2.32. The van der Waals surface area contributed by atoms with Gasteiger partial charge in [-0.15, -0.1) is 10.2 Å². The Balaban J connectivity index is 1.45. The molecule has 2 aromatic heterocycles. The maximum absolute atomic E-state index is 13.3. The number of carbonyl (C=O) groups excluding carboxylic acids is 1. The largest absolute Gasteiger partial charge is 0.469 e. The second-order valence-electron chi connectivity index (χ2n) is 8.43. The number of aromatic nitrogens is 3. The molecule has 0 unspecified atom stereocenters. The van der Waals surface area contributed by atoms with E-state index in [4.69, 9.17) is 4.42 Å². The highest BCUT2D eigenvalue weighted by Crippen LogP contribution is 2.32. The number of furan rings is 1. The Morgan fingerprint density at radius 2 is 1.72 bits per heavy atom. The van der Waals surface area contributed by atoms with E-state index in [1.54, 1.807) is 6.26 Å². The first-order valence-corrected chi connectivity index (χ1v) is 12.0. The van der Waals surface area contributed by atoms with E-state index in [0.29, 0.717) is 17.8 Å². The van der Waals surface area contributed by atoms with Crippen molar-refractivity contribution in [1.29, 1.82) is 0 Å². The lowest BCUT2D eigenvalue weighted by Crippen LogP contribution is -2.49. The summed E-state index contributed by atoms with van der Waals surface area (Å²) in [6, 6.07) is 2.78. The number of rotatable bonds is 6. The quantitative estimate of drug-likeness (QED) is 0.622. The molecule has 0 aromatic carbocycles. The first-order valence-electron chi connectivity index (χ1n) is 11.0. The zero-order valence-electron chi connectivity index (χ0n) is 17.6. The minimum atomic E-state index is 0.276. The maximum Gasteiger partial charge on any atom is 0.233 e. The normalized spacial score (nSPS) is 18.8. The zero-order valence-corrected chi connectivity index (χ0v) is 18.4. The third kappa shape index (κ3) is 4.55. The molecule has 158 valence electrons. The second-order valence-corrected chi connectivity index (χ2v) is 9.37. The predicted octanol–water partition coefficient (Wildman–Crippen LogP) is 4.97. The second kappa shape index (κ2) is 9.37. The van der Waals surface area contributed by atoms with Crippen molar-refractivity contribution in [2.24, 2.45) is 7.05 Å². The van der Waals surface area contributed by atoms with E-state index in [1.165, 1.54) is 76.0 Å². The molecule has 0 saturated heterocycles. The Labute approximate surface area is 177 Å². The molecule has 0 bridgehead atoms. The first kappa shape index (κ1) is 20.5. The Bertz CT molecular complexity index is 801. The molecule has 2 aliphatic rings. The summed E-state index contributed by atoms with van der Waals surface area (Å²) in [5.41, 5.74) is 0.948. The first-order chi connectivity index (χ1) is 14.1. The van der Waals surface area contributed by atoms with Crippen LogP contribution in [0.1, 0.15) is 70.0 Å². The molecule has 0 aliphatic heterocycles. The summed E-state index contributed by atoms with van der Waals surface area (Å²) < 4.78 is 7.36. The van der Waals surface area contributed by atoms with Crippen LogP contribution in [0.4, 0.5) is 0 Å². The molecule has 2 heterocycles. The SMILES string of the molecule is Cc1occc1-c1nnc(SCC(=O)N(C2CCCCC2)C2CCCCC2)n1C. The van der Waals surface area contributed by atoms with E-state index in [9.17, 15) is 4.79 Å². The fraction of sp³-hybridized carbons (Fsp3) is 0.682. The summed E-state index contributed by atoms with van der Waals surface area (Å²) in [7, 11) is 1.95. The monoisotopic (exact) mass is 416 g/mol. The molecule has 2 aliphatic carbocycles. The highest BCUT2D eigenvalue weighted by atomic mass is 32.2. The van der Waals surface area contributed by atoms with E-state index < -0.39 is 0 Å². The predicted molar refractivity (Wildman–Crippen MR) is 115 cm³/mol. The molecule has 29 heavy (non-hydrogen) atoms. The van der Waals surface area contributed by atoms with Crippen molar-refractivity contribution in [2.45, 2.75) is 88.4 Å². The van der Waals surface area contributed by atoms with E-state index in [2.05, 4.69) is 15.1 Å². The number of aryl methyl sites for hydroxylation is 1. The summed E-state index contributed by atoms with van der Waals surface area (Å²) in [4.78, 5) is 15.6. The molecule has 7 heteroatoms. The lowest BCUT2D eigenvalue weighted by Gasteiger charge is -2.41. The minimum absolute atomic E-state index is 0.276. The summed E-state index contributed by atoms with van der Waals surface area (Å²) in [6.45, 7) is 1.92. The summed E-state index contributed by atoms with van der Waals surface area (Å²) >= 11 is 1.50. The van der Waals surface area contributed by atoms with E-state index in [-0.39, 0.29) is 5.91 Å². The number of amides is 1. The molecular weight excluding hydrogens is 384 g/mol. The molecular formula is C22H32N4O2S. The van der Waals surface area contributed by atoms with Crippen LogP contribution in [0.25, 0.3) is 11.4 Å². The fourth-order valence-corrected chi connectivity index (χ4v) is 5.70. The lowest BCUT2D eigenvalue weighted by atomic mass is 9.88. The molecule has 2 aromatic rings. The minimum Gasteiger partial charge on any atom is -0.469 e. The molecule has 4 rings (SSSR count). The van der Waals surface area contributed by atoms with Crippen LogP contribution in [0.3, 0.4) is 0 Å². The molecule has 0 N–H and O–H groups in total. The Hall–Kier alpha value is -1.76. The van der Waals surface area contributed by atoms with Gasteiger partial charge in [0, 0.05) is 19.1 Å². The third-order valence-corrected chi connectivity index (χ3v) is 7.49. The van der Waals surface area contributed by atoms with Gasteiger partial charge in [-0.1, -0.05) is 50.3 Å². The highest BCUT2D eigenvalue weighted by molar-refractivity contribution is 7.99. The smallest absolute Gasteiger partial charge is 0.233 e. The summed E-state index contributed by atoms with van der Waals surface area (Å²) in [5, 5.41) is 9.44. The van der Waals surface area contributed by atoms with E-state index in [1.807, 2.05) is 24.6 Å². The van der Waals surface area contributed by atoms with Crippen LogP contribution in [-0.4, -0.2) is 43.4 Å².